The largest absolute Gasteiger partial charge is 0.481 e. The number of rotatable bonds is 6. The highest BCUT2D eigenvalue weighted by Gasteiger charge is 2.70. The predicted molar refractivity (Wildman–Crippen MR) is 131 cm³/mol. The van der Waals surface area contributed by atoms with Gasteiger partial charge in [-0.1, -0.05) is 41.5 Å². The minimum Gasteiger partial charge on any atom is -0.481 e. The molecule has 7 nitrogen and oxygen atoms in total. The van der Waals surface area contributed by atoms with Crippen molar-refractivity contribution in [1.82, 2.24) is 0 Å². The zero-order valence-electron chi connectivity index (χ0n) is 22.4. The maximum Gasteiger partial charge on any atom is 0.306 e. The van der Waals surface area contributed by atoms with Crippen LogP contribution in [0.4, 0.5) is 0 Å². The highest BCUT2D eigenvalue weighted by Crippen LogP contribution is 2.67. The van der Waals surface area contributed by atoms with Crippen LogP contribution >= 0.6 is 0 Å². The molecule has 0 saturated heterocycles. The predicted octanol–water partition coefficient (Wildman–Crippen LogP) is 4.09. The van der Waals surface area contributed by atoms with Gasteiger partial charge in [-0.3, -0.25) is 28.8 Å². The number of Topliss-reactive ketones (excluding diaryl/α,β-unsaturated/α-hetero) is 5. The molecular formula is C29H40O7. The van der Waals surface area contributed by atoms with Crippen molar-refractivity contribution in [2.24, 2.45) is 57.7 Å². The van der Waals surface area contributed by atoms with Crippen molar-refractivity contribution >= 4 is 34.9 Å². The van der Waals surface area contributed by atoms with Gasteiger partial charge in [0.25, 0.3) is 0 Å². The molecule has 0 spiro atoms. The summed E-state index contributed by atoms with van der Waals surface area (Å²) in [7, 11) is 0. The smallest absolute Gasteiger partial charge is 0.306 e. The van der Waals surface area contributed by atoms with E-state index in [-0.39, 0.29) is 78.8 Å². The molecule has 4 fully saturated rings. The van der Waals surface area contributed by atoms with Gasteiger partial charge in [-0.05, 0) is 35.0 Å². The molecule has 0 aromatic heterocycles. The van der Waals surface area contributed by atoms with E-state index in [1.54, 1.807) is 0 Å². The van der Waals surface area contributed by atoms with Crippen LogP contribution in [0.5, 0.6) is 0 Å². The van der Waals surface area contributed by atoms with Crippen LogP contribution in [0.3, 0.4) is 0 Å². The molecule has 0 amide bonds. The number of carboxylic acids is 1. The number of carboxylic acid groups (broad SMARTS) is 1. The average molecular weight is 501 g/mol. The van der Waals surface area contributed by atoms with E-state index in [0.717, 1.165) is 0 Å². The minimum absolute atomic E-state index is 0.00440. The first-order chi connectivity index (χ1) is 16.6. The van der Waals surface area contributed by atoms with Gasteiger partial charge in [0.15, 0.2) is 0 Å². The quantitative estimate of drug-likeness (QED) is 0.583. The molecule has 4 saturated carbocycles. The van der Waals surface area contributed by atoms with Crippen LogP contribution in [0, 0.1) is 57.7 Å². The fourth-order valence-corrected chi connectivity index (χ4v) is 9.02. The molecule has 0 aliphatic heterocycles. The summed E-state index contributed by atoms with van der Waals surface area (Å²) in [5.74, 6) is -4.24. The van der Waals surface area contributed by atoms with Gasteiger partial charge >= 0.3 is 5.97 Å². The molecule has 1 N–H and O–H groups in total. The number of carbonyl (C=O) groups is 6. The van der Waals surface area contributed by atoms with Crippen molar-refractivity contribution in [1.29, 1.82) is 0 Å². The molecule has 9 atom stereocenters. The van der Waals surface area contributed by atoms with Crippen LogP contribution in [0.25, 0.3) is 0 Å². The van der Waals surface area contributed by atoms with Gasteiger partial charge in [-0.15, -0.1) is 0 Å². The molecule has 0 radical (unpaired) electrons. The Labute approximate surface area is 213 Å². The Kier molecular flexibility index (Phi) is 6.49. The first-order valence-corrected chi connectivity index (χ1v) is 13.4. The monoisotopic (exact) mass is 500 g/mol. The van der Waals surface area contributed by atoms with Gasteiger partial charge in [0.05, 0.1) is 5.92 Å². The Morgan fingerprint density at radius 3 is 2.11 bits per heavy atom. The molecular weight excluding hydrogens is 460 g/mol. The molecule has 4 aliphatic rings. The zero-order valence-corrected chi connectivity index (χ0v) is 22.4. The van der Waals surface area contributed by atoms with Crippen LogP contribution in [-0.2, 0) is 28.8 Å². The Bertz CT molecular complexity index is 1040. The third-order valence-corrected chi connectivity index (χ3v) is 10.9. The highest BCUT2D eigenvalue weighted by molar-refractivity contribution is 6.01. The zero-order chi connectivity index (χ0) is 27.0. The summed E-state index contributed by atoms with van der Waals surface area (Å²) in [4.78, 5) is 77.7. The Balaban J connectivity index is 1.64. The van der Waals surface area contributed by atoms with Gasteiger partial charge in [-0.25, -0.2) is 0 Å². The summed E-state index contributed by atoms with van der Waals surface area (Å²) in [5.41, 5.74) is -1.88. The number of hydrogen-bond donors (Lipinski definition) is 1. The van der Waals surface area contributed by atoms with Crippen LogP contribution in [0.15, 0.2) is 0 Å². The lowest BCUT2D eigenvalue weighted by Crippen LogP contribution is -2.64. The summed E-state index contributed by atoms with van der Waals surface area (Å²) in [5, 5.41) is 9.14. The number of hydrogen-bond acceptors (Lipinski definition) is 6. The van der Waals surface area contributed by atoms with Crippen molar-refractivity contribution in [3.8, 4) is 0 Å². The lowest BCUT2D eigenvalue weighted by Gasteiger charge is -2.61. The molecule has 36 heavy (non-hydrogen) atoms. The molecule has 0 aromatic rings. The van der Waals surface area contributed by atoms with Crippen LogP contribution < -0.4 is 0 Å². The van der Waals surface area contributed by atoms with Gasteiger partial charge in [0.1, 0.15) is 28.9 Å². The van der Waals surface area contributed by atoms with E-state index < -0.39 is 45.9 Å². The van der Waals surface area contributed by atoms with E-state index in [1.807, 2.05) is 27.7 Å². The van der Waals surface area contributed by atoms with Crippen molar-refractivity contribution in [3.63, 3.8) is 0 Å². The fraction of sp³-hybridized carbons (Fsp3) is 0.793. The lowest BCUT2D eigenvalue weighted by atomic mass is 9.40. The second-order valence-electron chi connectivity index (χ2n) is 13.4. The maximum atomic E-state index is 13.9. The standard InChI is InChI=1S/C29H40O7/c1-14(9-16(30)10-15(2)26(35)36)17-11-19(32)24-23-18(31)12-21-27(3,4)22(34)7-8-28(21,5)25(23)20(33)13-29(17,24)6/h14-15,17,21,23-25H,7-13H2,1-6H3,(H,35,36)/t14?,15?,17-,21?,23?,24+,25?,28+,29-/m1/s1. The summed E-state index contributed by atoms with van der Waals surface area (Å²) < 4.78 is 0. The van der Waals surface area contributed by atoms with Gasteiger partial charge in [0.2, 0.25) is 0 Å². The van der Waals surface area contributed by atoms with E-state index in [2.05, 4.69) is 6.92 Å². The van der Waals surface area contributed by atoms with Crippen molar-refractivity contribution in [3.05, 3.63) is 0 Å². The van der Waals surface area contributed by atoms with E-state index in [0.29, 0.717) is 12.8 Å². The third-order valence-electron chi connectivity index (χ3n) is 10.9. The van der Waals surface area contributed by atoms with Crippen molar-refractivity contribution in [2.75, 3.05) is 0 Å². The Morgan fingerprint density at radius 1 is 0.889 bits per heavy atom. The summed E-state index contributed by atoms with van der Waals surface area (Å²) in [6.07, 6.45) is 1.70. The minimum atomic E-state index is -1.02. The Morgan fingerprint density at radius 2 is 1.50 bits per heavy atom. The van der Waals surface area contributed by atoms with Gasteiger partial charge in [0, 0.05) is 61.7 Å². The molecule has 4 aliphatic carbocycles. The number of fused-ring (bicyclic) bond motifs is 5. The highest BCUT2D eigenvalue weighted by atomic mass is 16.4. The van der Waals surface area contributed by atoms with Crippen LogP contribution in [0.1, 0.15) is 86.5 Å². The van der Waals surface area contributed by atoms with Crippen LogP contribution in [0.2, 0.25) is 0 Å². The Hall–Kier alpha value is -2.18. The van der Waals surface area contributed by atoms with Crippen molar-refractivity contribution < 1.29 is 33.9 Å². The lowest BCUT2D eigenvalue weighted by molar-refractivity contribution is -0.180. The SMILES string of the molecule is CC(CC(=O)CC(C)[C@H]1CC(=O)[C@H]2C3C(=O)CC4C(C)(C)C(=O)CC[C@]4(C)C3C(=O)C[C@]12C)C(=O)O. The molecule has 0 aromatic carbocycles. The third kappa shape index (κ3) is 3.83. The summed E-state index contributed by atoms with van der Waals surface area (Å²) >= 11 is 0. The normalized spacial score (nSPS) is 41.2. The molecule has 7 heteroatoms. The molecule has 198 valence electrons. The summed E-state index contributed by atoms with van der Waals surface area (Å²) in [6, 6.07) is 0. The van der Waals surface area contributed by atoms with Crippen molar-refractivity contribution in [2.45, 2.75) is 86.5 Å². The van der Waals surface area contributed by atoms with E-state index in [1.165, 1.54) is 6.92 Å². The number of ketones is 5. The first kappa shape index (κ1) is 26.9. The maximum absolute atomic E-state index is 13.9. The van der Waals surface area contributed by atoms with E-state index >= 15 is 0 Å². The molecule has 5 unspecified atom stereocenters. The number of aliphatic carboxylic acids is 1. The van der Waals surface area contributed by atoms with E-state index in [9.17, 15) is 28.8 Å². The topological polar surface area (TPSA) is 123 Å². The number of carbonyl (C=O) groups excluding carboxylic acids is 5. The van der Waals surface area contributed by atoms with Gasteiger partial charge < -0.3 is 5.11 Å². The molecule has 0 heterocycles. The van der Waals surface area contributed by atoms with Crippen LogP contribution in [-0.4, -0.2) is 40.0 Å². The average Bonchev–Trinajstić information content (AvgIpc) is 3.02. The summed E-state index contributed by atoms with van der Waals surface area (Å²) in [6.45, 7) is 11.2. The molecule has 0 bridgehead atoms. The second kappa shape index (κ2) is 8.70. The van der Waals surface area contributed by atoms with E-state index in [4.69, 9.17) is 5.11 Å². The second-order valence-corrected chi connectivity index (χ2v) is 13.4. The van der Waals surface area contributed by atoms with Gasteiger partial charge in [-0.2, -0.15) is 0 Å². The first-order valence-electron chi connectivity index (χ1n) is 13.4. The fourth-order valence-electron chi connectivity index (χ4n) is 9.02. The molecule has 4 rings (SSSR count).